The van der Waals surface area contributed by atoms with Crippen LogP contribution in [-0.4, -0.2) is 27.3 Å². The number of nitrogens with zero attached hydrogens (tertiary/aromatic N) is 3. The maximum Gasteiger partial charge on any atom is 0.324 e. The summed E-state index contributed by atoms with van der Waals surface area (Å²) in [5, 5.41) is 8.42. The van der Waals surface area contributed by atoms with Gasteiger partial charge in [0, 0.05) is 12.6 Å². The molecule has 26 heavy (non-hydrogen) atoms. The number of carbonyl (C=O) groups is 1. The normalized spacial score (nSPS) is 12.0. The van der Waals surface area contributed by atoms with Crippen molar-refractivity contribution in [1.29, 1.82) is 0 Å². The summed E-state index contributed by atoms with van der Waals surface area (Å²) in [4.78, 5) is 12.4. The molecule has 2 aromatic carbocycles. The van der Waals surface area contributed by atoms with E-state index >= 15 is 0 Å². The van der Waals surface area contributed by atoms with E-state index in [4.69, 9.17) is 4.74 Å². The Labute approximate surface area is 155 Å². The lowest BCUT2D eigenvalue weighted by Gasteiger charge is -2.15. The van der Waals surface area contributed by atoms with E-state index in [9.17, 15) is 9.18 Å². The molecule has 0 saturated heterocycles. The van der Waals surface area contributed by atoms with Gasteiger partial charge in [-0.05, 0) is 36.8 Å². The molecule has 0 radical (unpaired) electrons. The van der Waals surface area contributed by atoms with Gasteiger partial charge in [-0.1, -0.05) is 42.1 Å². The van der Waals surface area contributed by atoms with Crippen molar-refractivity contribution in [3.63, 3.8) is 0 Å². The lowest BCUT2D eigenvalue weighted by atomic mass is 10.1. The Morgan fingerprint density at radius 3 is 2.50 bits per heavy atom. The first-order valence-corrected chi connectivity index (χ1v) is 9.01. The van der Waals surface area contributed by atoms with E-state index in [0.29, 0.717) is 17.6 Å². The molecule has 0 spiro atoms. The number of esters is 1. The first-order chi connectivity index (χ1) is 12.6. The Morgan fingerprint density at radius 2 is 1.85 bits per heavy atom. The summed E-state index contributed by atoms with van der Waals surface area (Å²) in [7, 11) is 1.81. The minimum atomic E-state index is -0.542. The second-order valence-corrected chi connectivity index (χ2v) is 6.60. The molecule has 0 N–H and O–H groups in total. The van der Waals surface area contributed by atoms with E-state index in [1.54, 1.807) is 23.6 Å². The maximum atomic E-state index is 13.1. The minimum absolute atomic E-state index is 0.308. The molecule has 0 unspecified atom stereocenters. The Kier molecular flexibility index (Phi) is 5.68. The fourth-order valence-electron chi connectivity index (χ4n) is 2.47. The summed E-state index contributed by atoms with van der Waals surface area (Å²) < 4.78 is 20.1. The van der Waals surface area contributed by atoms with E-state index < -0.39 is 5.25 Å². The van der Waals surface area contributed by atoms with Crippen LogP contribution in [0.3, 0.4) is 0 Å². The van der Waals surface area contributed by atoms with Crippen LogP contribution in [0.1, 0.15) is 17.7 Å². The largest absolute Gasteiger partial charge is 0.465 e. The summed E-state index contributed by atoms with van der Waals surface area (Å²) >= 11 is 1.28. The van der Waals surface area contributed by atoms with Crippen LogP contribution in [0.2, 0.25) is 0 Å². The maximum absolute atomic E-state index is 13.1. The van der Waals surface area contributed by atoms with Crippen LogP contribution in [0.5, 0.6) is 0 Å². The third kappa shape index (κ3) is 3.94. The average Bonchev–Trinajstić information content (AvgIpc) is 3.02. The van der Waals surface area contributed by atoms with Gasteiger partial charge in [-0.15, -0.1) is 10.2 Å². The predicted molar refractivity (Wildman–Crippen MR) is 98.1 cm³/mol. The highest BCUT2D eigenvalue weighted by molar-refractivity contribution is 8.00. The molecule has 1 atom stereocenters. The zero-order chi connectivity index (χ0) is 18.5. The van der Waals surface area contributed by atoms with Crippen LogP contribution in [0, 0.1) is 5.82 Å². The molecule has 1 aromatic heterocycles. The van der Waals surface area contributed by atoms with Crippen LogP contribution in [0.15, 0.2) is 59.8 Å². The molecule has 0 bridgehead atoms. The zero-order valence-corrected chi connectivity index (χ0v) is 15.2. The third-order valence-electron chi connectivity index (χ3n) is 3.76. The highest BCUT2D eigenvalue weighted by atomic mass is 32.2. The molecule has 134 valence electrons. The van der Waals surface area contributed by atoms with Crippen molar-refractivity contribution in [2.75, 3.05) is 6.61 Å². The molecule has 0 aliphatic heterocycles. The average molecular weight is 371 g/mol. The van der Waals surface area contributed by atoms with Crippen LogP contribution in [0.25, 0.3) is 11.4 Å². The number of rotatable bonds is 6. The molecule has 7 heteroatoms. The fraction of sp³-hybridized carbons (Fsp3) is 0.211. The highest BCUT2D eigenvalue weighted by Crippen LogP contribution is 2.36. The van der Waals surface area contributed by atoms with Crippen molar-refractivity contribution in [2.24, 2.45) is 7.05 Å². The molecule has 5 nitrogen and oxygen atoms in total. The second kappa shape index (κ2) is 8.14. The molecule has 0 saturated carbocycles. The van der Waals surface area contributed by atoms with Gasteiger partial charge in [-0.3, -0.25) is 4.79 Å². The van der Waals surface area contributed by atoms with E-state index in [0.717, 1.165) is 11.1 Å². The Hall–Kier alpha value is -2.67. The molecule has 0 aliphatic rings. The van der Waals surface area contributed by atoms with E-state index in [2.05, 4.69) is 10.2 Å². The summed E-state index contributed by atoms with van der Waals surface area (Å²) in [6, 6.07) is 15.5. The molecule has 0 amide bonds. The van der Waals surface area contributed by atoms with Gasteiger partial charge in [0.1, 0.15) is 11.1 Å². The Balaban J connectivity index is 1.90. The monoisotopic (exact) mass is 371 g/mol. The van der Waals surface area contributed by atoms with Gasteiger partial charge in [0.2, 0.25) is 0 Å². The van der Waals surface area contributed by atoms with Gasteiger partial charge in [0.25, 0.3) is 0 Å². The topological polar surface area (TPSA) is 57.0 Å². The summed E-state index contributed by atoms with van der Waals surface area (Å²) in [5.74, 6) is -0.0322. The summed E-state index contributed by atoms with van der Waals surface area (Å²) in [5.41, 5.74) is 1.59. The number of hydrogen-bond donors (Lipinski definition) is 0. The molecule has 0 aliphatic carbocycles. The summed E-state index contributed by atoms with van der Waals surface area (Å²) in [6.07, 6.45) is 0. The first kappa shape index (κ1) is 18.1. The quantitative estimate of drug-likeness (QED) is 0.484. The number of benzene rings is 2. The third-order valence-corrected chi connectivity index (χ3v) is 5.03. The van der Waals surface area contributed by atoms with Gasteiger partial charge < -0.3 is 9.30 Å². The predicted octanol–water partition coefficient (Wildman–Crippen LogP) is 4.02. The number of thioether (sulfide) groups is 1. The minimum Gasteiger partial charge on any atom is -0.465 e. The van der Waals surface area contributed by atoms with Crippen LogP contribution < -0.4 is 0 Å². The fourth-order valence-corrected chi connectivity index (χ4v) is 3.47. The standard InChI is InChI=1S/C19H18FN3O2S/c1-3-25-18(24)16(13-7-5-4-6-8-13)26-19-22-21-17(23(19)2)14-9-11-15(20)12-10-14/h4-12,16H,3H2,1-2H3/t16-/m1/s1. The SMILES string of the molecule is CCOC(=O)[C@H](Sc1nnc(-c2ccc(F)cc2)n1C)c1ccccc1. The van der Waals surface area contributed by atoms with Crippen molar-refractivity contribution < 1.29 is 13.9 Å². The first-order valence-electron chi connectivity index (χ1n) is 8.13. The highest BCUT2D eigenvalue weighted by Gasteiger charge is 2.26. The molecule has 3 aromatic rings. The Bertz CT molecular complexity index is 882. The number of aromatic nitrogens is 3. The van der Waals surface area contributed by atoms with Gasteiger partial charge in [0.15, 0.2) is 11.0 Å². The van der Waals surface area contributed by atoms with Crippen LogP contribution >= 0.6 is 11.8 Å². The van der Waals surface area contributed by atoms with E-state index in [-0.39, 0.29) is 11.8 Å². The second-order valence-electron chi connectivity index (χ2n) is 5.53. The number of ether oxygens (including phenoxy) is 1. The molecular formula is C19H18FN3O2S. The molecule has 1 heterocycles. The van der Waals surface area contributed by atoms with Crippen molar-refractivity contribution in [1.82, 2.24) is 14.8 Å². The summed E-state index contributed by atoms with van der Waals surface area (Å²) in [6.45, 7) is 2.09. The van der Waals surface area contributed by atoms with Crippen LogP contribution in [0.4, 0.5) is 4.39 Å². The van der Waals surface area contributed by atoms with E-state index in [1.807, 2.05) is 37.4 Å². The molecule has 0 fully saturated rings. The smallest absolute Gasteiger partial charge is 0.324 e. The number of carbonyl (C=O) groups excluding carboxylic acids is 1. The van der Waals surface area contributed by atoms with Gasteiger partial charge in [0.05, 0.1) is 6.61 Å². The zero-order valence-electron chi connectivity index (χ0n) is 14.4. The lowest BCUT2D eigenvalue weighted by Crippen LogP contribution is -2.14. The number of hydrogen-bond acceptors (Lipinski definition) is 5. The van der Waals surface area contributed by atoms with Crippen molar-refractivity contribution in [2.45, 2.75) is 17.3 Å². The van der Waals surface area contributed by atoms with Crippen LogP contribution in [-0.2, 0) is 16.6 Å². The van der Waals surface area contributed by atoms with Gasteiger partial charge in [-0.2, -0.15) is 0 Å². The Morgan fingerprint density at radius 1 is 1.15 bits per heavy atom. The van der Waals surface area contributed by atoms with Crippen molar-refractivity contribution >= 4 is 17.7 Å². The van der Waals surface area contributed by atoms with Crippen molar-refractivity contribution in [3.8, 4) is 11.4 Å². The molecular weight excluding hydrogens is 353 g/mol. The van der Waals surface area contributed by atoms with E-state index in [1.165, 1.54) is 23.9 Å². The molecule has 3 rings (SSSR count). The van der Waals surface area contributed by atoms with Crippen molar-refractivity contribution in [3.05, 3.63) is 66.0 Å². The number of halogens is 1. The van der Waals surface area contributed by atoms with Gasteiger partial charge in [-0.25, -0.2) is 4.39 Å². The van der Waals surface area contributed by atoms with Gasteiger partial charge >= 0.3 is 5.97 Å². The lowest BCUT2D eigenvalue weighted by molar-refractivity contribution is -0.142.